The van der Waals surface area contributed by atoms with Gasteiger partial charge in [0.05, 0.1) is 18.3 Å². The van der Waals surface area contributed by atoms with E-state index in [4.69, 9.17) is 9.84 Å². The molecule has 0 saturated carbocycles. The van der Waals surface area contributed by atoms with Crippen LogP contribution in [0, 0.1) is 0 Å². The summed E-state index contributed by atoms with van der Waals surface area (Å²) < 4.78 is 5.67. The Morgan fingerprint density at radius 3 is 2.92 bits per heavy atom. The maximum atomic E-state index is 9.08. The lowest BCUT2D eigenvalue weighted by Crippen LogP contribution is -2.40. The molecule has 2 heterocycles. The Morgan fingerprint density at radius 2 is 2.42 bits per heavy atom. The van der Waals surface area contributed by atoms with Crippen molar-refractivity contribution in [2.75, 3.05) is 6.54 Å². The molecule has 0 aliphatic carbocycles. The second kappa shape index (κ2) is 3.32. The van der Waals surface area contributed by atoms with Gasteiger partial charge in [0, 0.05) is 12.6 Å². The summed E-state index contributed by atoms with van der Waals surface area (Å²) in [5, 5.41) is 12.4. The third kappa shape index (κ3) is 1.63. The fraction of sp³-hybridized carbons (Fsp3) is 1.00. The molecule has 4 atom stereocenters. The van der Waals surface area contributed by atoms with Crippen LogP contribution in [0.4, 0.5) is 0 Å². The molecule has 3 heteroatoms. The maximum absolute atomic E-state index is 9.08. The van der Waals surface area contributed by atoms with Gasteiger partial charge in [0.15, 0.2) is 0 Å². The van der Waals surface area contributed by atoms with Gasteiger partial charge >= 0.3 is 0 Å². The summed E-state index contributed by atoms with van der Waals surface area (Å²) in [6.07, 6.45) is 4.25. The zero-order chi connectivity index (χ0) is 8.55. The molecule has 2 bridgehead atoms. The van der Waals surface area contributed by atoms with E-state index in [1.807, 2.05) is 0 Å². The Balaban J connectivity index is 1.76. The minimum absolute atomic E-state index is 0.246. The van der Waals surface area contributed by atoms with Crippen molar-refractivity contribution in [2.45, 2.75) is 50.5 Å². The number of aliphatic hydroxyl groups excluding tert-OH is 1. The van der Waals surface area contributed by atoms with Crippen LogP contribution in [0.2, 0.25) is 0 Å². The highest BCUT2D eigenvalue weighted by Gasteiger charge is 2.40. The molecular formula is C9H17NO2. The molecule has 2 fully saturated rings. The van der Waals surface area contributed by atoms with Crippen molar-refractivity contribution < 1.29 is 9.84 Å². The lowest BCUT2D eigenvalue weighted by Gasteiger charge is -2.20. The fourth-order valence-corrected chi connectivity index (χ4v) is 2.17. The van der Waals surface area contributed by atoms with Crippen molar-refractivity contribution in [3.63, 3.8) is 0 Å². The number of aliphatic hydroxyl groups is 1. The van der Waals surface area contributed by atoms with Crippen molar-refractivity contribution in [3.05, 3.63) is 0 Å². The van der Waals surface area contributed by atoms with E-state index in [-0.39, 0.29) is 6.10 Å². The highest BCUT2D eigenvalue weighted by molar-refractivity contribution is 4.93. The Kier molecular flexibility index (Phi) is 2.35. The van der Waals surface area contributed by atoms with Crippen molar-refractivity contribution in [1.82, 2.24) is 5.32 Å². The van der Waals surface area contributed by atoms with E-state index >= 15 is 0 Å². The monoisotopic (exact) mass is 171 g/mol. The van der Waals surface area contributed by atoms with E-state index in [0.29, 0.717) is 24.8 Å². The first-order valence-electron chi connectivity index (χ1n) is 4.82. The minimum Gasteiger partial charge on any atom is -0.392 e. The van der Waals surface area contributed by atoms with Gasteiger partial charge in [-0.1, -0.05) is 0 Å². The van der Waals surface area contributed by atoms with Crippen LogP contribution in [0.1, 0.15) is 26.2 Å². The lowest BCUT2D eigenvalue weighted by atomic mass is 9.95. The van der Waals surface area contributed by atoms with E-state index < -0.39 is 0 Å². The van der Waals surface area contributed by atoms with Crippen molar-refractivity contribution in [2.24, 2.45) is 0 Å². The number of ether oxygens (including phenoxy) is 1. The first kappa shape index (κ1) is 8.48. The molecule has 70 valence electrons. The fourth-order valence-electron chi connectivity index (χ4n) is 2.17. The van der Waals surface area contributed by atoms with Gasteiger partial charge in [-0.15, -0.1) is 0 Å². The molecule has 2 N–H and O–H groups in total. The van der Waals surface area contributed by atoms with Crippen molar-refractivity contribution in [1.29, 1.82) is 0 Å². The topological polar surface area (TPSA) is 41.5 Å². The van der Waals surface area contributed by atoms with Crippen molar-refractivity contribution >= 4 is 0 Å². The van der Waals surface area contributed by atoms with E-state index in [0.717, 1.165) is 6.42 Å². The Labute approximate surface area is 73.1 Å². The summed E-state index contributed by atoms with van der Waals surface area (Å²) in [6, 6.07) is 0.498. The molecule has 3 unspecified atom stereocenters. The number of hydrogen-bond donors (Lipinski definition) is 2. The van der Waals surface area contributed by atoms with E-state index in [1.54, 1.807) is 6.92 Å². The minimum atomic E-state index is -0.246. The third-order valence-electron chi connectivity index (χ3n) is 2.78. The number of fused-ring (bicyclic) bond motifs is 2. The van der Waals surface area contributed by atoms with Crippen LogP contribution >= 0.6 is 0 Å². The van der Waals surface area contributed by atoms with Gasteiger partial charge in [-0.25, -0.2) is 0 Å². The van der Waals surface area contributed by atoms with Gasteiger partial charge < -0.3 is 15.2 Å². The van der Waals surface area contributed by atoms with E-state index in [2.05, 4.69) is 5.32 Å². The summed E-state index contributed by atoms with van der Waals surface area (Å²) in [6.45, 7) is 2.50. The Morgan fingerprint density at radius 1 is 1.58 bits per heavy atom. The predicted molar refractivity (Wildman–Crippen MR) is 46.0 cm³/mol. The van der Waals surface area contributed by atoms with Crippen LogP contribution in [-0.4, -0.2) is 36.0 Å². The quantitative estimate of drug-likeness (QED) is 0.640. The molecule has 2 aliphatic heterocycles. The van der Waals surface area contributed by atoms with Gasteiger partial charge in [0.25, 0.3) is 0 Å². The summed E-state index contributed by atoms with van der Waals surface area (Å²) in [7, 11) is 0. The summed E-state index contributed by atoms with van der Waals surface area (Å²) in [5.74, 6) is 0. The highest BCUT2D eigenvalue weighted by Crippen LogP contribution is 2.34. The molecule has 3 nitrogen and oxygen atoms in total. The molecule has 0 amide bonds. The normalized spacial score (nSPS) is 42.0. The summed E-state index contributed by atoms with van der Waals surface area (Å²) in [4.78, 5) is 0. The maximum Gasteiger partial charge on any atom is 0.0733 e. The summed E-state index contributed by atoms with van der Waals surface area (Å²) >= 11 is 0. The first-order chi connectivity index (χ1) is 5.75. The molecule has 12 heavy (non-hydrogen) atoms. The second-order valence-electron chi connectivity index (χ2n) is 3.97. The van der Waals surface area contributed by atoms with E-state index in [9.17, 15) is 0 Å². The largest absolute Gasteiger partial charge is 0.392 e. The average molecular weight is 171 g/mol. The number of hydrogen-bond acceptors (Lipinski definition) is 3. The van der Waals surface area contributed by atoms with Gasteiger partial charge in [-0.05, 0) is 26.2 Å². The van der Waals surface area contributed by atoms with Gasteiger partial charge in [-0.3, -0.25) is 0 Å². The molecule has 0 radical (unpaired) electrons. The molecule has 2 aliphatic rings. The second-order valence-corrected chi connectivity index (χ2v) is 3.97. The zero-order valence-corrected chi connectivity index (χ0v) is 7.49. The molecule has 0 aromatic rings. The van der Waals surface area contributed by atoms with Crippen LogP contribution in [0.5, 0.6) is 0 Å². The SMILES string of the molecule is C[C@H](O)CNC1CC2CCC1O2. The van der Waals surface area contributed by atoms with Gasteiger partial charge in [0.1, 0.15) is 0 Å². The molecule has 2 rings (SSSR count). The molecule has 0 aromatic heterocycles. The number of nitrogens with one attached hydrogen (secondary N) is 1. The molecule has 0 spiro atoms. The van der Waals surface area contributed by atoms with Crippen molar-refractivity contribution in [3.8, 4) is 0 Å². The van der Waals surface area contributed by atoms with Crippen LogP contribution in [0.3, 0.4) is 0 Å². The first-order valence-corrected chi connectivity index (χ1v) is 4.82. The third-order valence-corrected chi connectivity index (χ3v) is 2.78. The summed E-state index contributed by atoms with van der Waals surface area (Å²) in [5.41, 5.74) is 0. The van der Waals surface area contributed by atoms with Crippen LogP contribution in [0.25, 0.3) is 0 Å². The molecule has 2 saturated heterocycles. The predicted octanol–water partition coefficient (Wildman–Crippen LogP) is 0.277. The van der Waals surface area contributed by atoms with E-state index in [1.165, 1.54) is 12.8 Å². The standard InChI is InChI=1S/C9H17NO2/c1-6(11)5-10-8-4-7-2-3-9(8)12-7/h6-11H,2-5H2,1H3/t6-,7?,8?,9?/m0/s1. The smallest absolute Gasteiger partial charge is 0.0733 e. The van der Waals surface area contributed by atoms with Crippen LogP contribution in [0.15, 0.2) is 0 Å². The molecule has 0 aromatic carbocycles. The average Bonchev–Trinajstić information content (AvgIpc) is 2.60. The van der Waals surface area contributed by atoms with Gasteiger partial charge in [0.2, 0.25) is 0 Å². The molecular weight excluding hydrogens is 154 g/mol. The Bertz CT molecular complexity index is 161. The zero-order valence-electron chi connectivity index (χ0n) is 7.49. The van der Waals surface area contributed by atoms with Gasteiger partial charge in [-0.2, -0.15) is 0 Å². The lowest BCUT2D eigenvalue weighted by molar-refractivity contribution is 0.0950. The number of rotatable bonds is 3. The van der Waals surface area contributed by atoms with Crippen LogP contribution in [-0.2, 0) is 4.74 Å². The Hall–Kier alpha value is -0.120. The van der Waals surface area contributed by atoms with Crippen LogP contribution < -0.4 is 5.32 Å². The highest BCUT2D eigenvalue weighted by atomic mass is 16.5.